The minimum Gasteiger partial charge on any atom is -0.494 e. The van der Waals surface area contributed by atoms with Crippen LogP contribution < -0.4 is 10.5 Å². The van der Waals surface area contributed by atoms with Gasteiger partial charge >= 0.3 is 0 Å². The summed E-state index contributed by atoms with van der Waals surface area (Å²) in [6.45, 7) is 2.14. The van der Waals surface area contributed by atoms with Crippen LogP contribution in [0, 0.1) is 0 Å². The van der Waals surface area contributed by atoms with Gasteiger partial charge in [0.15, 0.2) is 5.78 Å². The molecule has 3 N–H and O–H groups in total. The van der Waals surface area contributed by atoms with Gasteiger partial charge in [-0.15, -0.1) is 0 Å². The maximum atomic E-state index is 11.5. The molecule has 0 heterocycles. The Balaban J connectivity index is 2.75. The van der Waals surface area contributed by atoms with Crippen molar-refractivity contribution < 1.29 is 14.6 Å². The quantitative estimate of drug-likeness (QED) is 0.696. The van der Waals surface area contributed by atoms with E-state index in [2.05, 4.69) is 0 Å². The zero-order valence-corrected chi connectivity index (χ0v) is 8.64. The van der Waals surface area contributed by atoms with Gasteiger partial charge in [0.1, 0.15) is 5.75 Å². The van der Waals surface area contributed by atoms with Gasteiger partial charge in [-0.25, -0.2) is 0 Å². The molecule has 0 aliphatic rings. The van der Waals surface area contributed by atoms with Crippen molar-refractivity contribution in [2.24, 2.45) is 5.73 Å². The van der Waals surface area contributed by atoms with E-state index < -0.39 is 6.04 Å². The number of ether oxygens (including phenoxy) is 1. The summed E-state index contributed by atoms with van der Waals surface area (Å²) in [7, 11) is 0. The molecule has 4 nitrogen and oxygen atoms in total. The molecule has 0 amide bonds. The first-order valence-corrected chi connectivity index (χ1v) is 4.82. The van der Waals surface area contributed by atoms with E-state index in [-0.39, 0.29) is 12.4 Å². The van der Waals surface area contributed by atoms with Gasteiger partial charge in [0.2, 0.25) is 0 Å². The van der Waals surface area contributed by atoms with Crippen LogP contribution in [-0.4, -0.2) is 30.1 Å². The maximum absolute atomic E-state index is 11.5. The van der Waals surface area contributed by atoms with E-state index in [1.54, 1.807) is 24.3 Å². The average Bonchev–Trinajstić information content (AvgIpc) is 2.28. The van der Waals surface area contributed by atoms with E-state index in [0.717, 1.165) is 0 Å². The normalized spacial score (nSPS) is 12.2. The van der Waals surface area contributed by atoms with Crippen LogP contribution in [0.4, 0.5) is 0 Å². The summed E-state index contributed by atoms with van der Waals surface area (Å²) in [5.41, 5.74) is 5.90. The average molecular weight is 209 g/mol. The van der Waals surface area contributed by atoms with Crippen molar-refractivity contribution in [2.75, 3.05) is 13.2 Å². The second kappa shape index (κ2) is 5.48. The smallest absolute Gasteiger partial charge is 0.181 e. The summed E-state index contributed by atoms with van der Waals surface area (Å²) < 4.78 is 5.24. The van der Waals surface area contributed by atoms with E-state index in [0.29, 0.717) is 17.9 Å². The summed E-state index contributed by atoms with van der Waals surface area (Å²) in [6.07, 6.45) is 0. The highest BCUT2D eigenvalue weighted by Gasteiger charge is 2.14. The number of hydrogen-bond donors (Lipinski definition) is 2. The predicted molar refractivity (Wildman–Crippen MR) is 57.0 cm³/mol. The molecule has 0 radical (unpaired) electrons. The monoisotopic (exact) mass is 209 g/mol. The summed E-state index contributed by atoms with van der Waals surface area (Å²) in [4.78, 5) is 11.5. The van der Waals surface area contributed by atoms with E-state index in [1.807, 2.05) is 6.92 Å². The highest BCUT2D eigenvalue weighted by atomic mass is 16.5. The molecule has 1 rings (SSSR count). The number of hydrogen-bond acceptors (Lipinski definition) is 4. The van der Waals surface area contributed by atoms with E-state index >= 15 is 0 Å². The number of Topliss-reactive ketones (excluding diaryl/α,β-unsaturated/α-hetero) is 1. The number of benzene rings is 1. The first-order chi connectivity index (χ1) is 7.19. The maximum Gasteiger partial charge on any atom is 0.181 e. The Hall–Kier alpha value is -1.39. The zero-order valence-electron chi connectivity index (χ0n) is 8.64. The molecule has 0 bridgehead atoms. The summed E-state index contributed by atoms with van der Waals surface area (Å²) in [5.74, 6) is 0.451. The molecule has 0 saturated carbocycles. The van der Waals surface area contributed by atoms with Gasteiger partial charge in [0, 0.05) is 5.56 Å². The number of aliphatic hydroxyl groups is 1. The lowest BCUT2D eigenvalue weighted by Gasteiger charge is -2.08. The Morgan fingerprint density at radius 2 is 2.07 bits per heavy atom. The third kappa shape index (κ3) is 3.04. The molecule has 15 heavy (non-hydrogen) atoms. The van der Waals surface area contributed by atoms with Gasteiger partial charge in [-0.2, -0.15) is 0 Å². The van der Waals surface area contributed by atoms with Crippen LogP contribution in [0.5, 0.6) is 5.75 Å². The lowest BCUT2D eigenvalue weighted by Crippen LogP contribution is -2.33. The van der Waals surface area contributed by atoms with E-state index in [4.69, 9.17) is 15.6 Å². The Bertz CT molecular complexity index is 321. The van der Waals surface area contributed by atoms with Crippen LogP contribution >= 0.6 is 0 Å². The van der Waals surface area contributed by atoms with Crippen molar-refractivity contribution >= 4 is 5.78 Å². The summed E-state index contributed by atoms with van der Waals surface area (Å²) >= 11 is 0. The van der Waals surface area contributed by atoms with Crippen LogP contribution in [0.2, 0.25) is 0 Å². The molecule has 0 aliphatic heterocycles. The highest BCUT2D eigenvalue weighted by Crippen LogP contribution is 2.13. The van der Waals surface area contributed by atoms with Crippen molar-refractivity contribution in [3.05, 3.63) is 29.8 Å². The third-order valence-electron chi connectivity index (χ3n) is 1.98. The van der Waals surface area contributed by atoms with Gasteiger partial charge < -0.3 is 15.6 Å². The topological polar surface area (TPSA) is 72.5 Å². The number of carbonyl (C=O) groups is 1. The molecule has 1 aromatic rings. The molecule has 0 aliphatic carbocycles. The molecular formula is C11H15NO3. The first kappa shape index (κ1) is 11.7. The SMILES string of the molecule is CCOc1ccc(C(=O)C(N)CO)cc1. The van der Waals surface area contributed by atoms with Gasteiger partial charge in [0.25, 0.3) is 0 Å². The van der Waals surface area contributed by atoms with Crippen molar-refractivity contribution in [2.45, 2.75) is 13.0 Å². The molecule has 4 heteroatoms. The van der Waals surface area contributed by atoms with E-state index in [1.165, 1.54) is 0 Å². The highest BCUT2D eigenvalue weighted by molar-refractivity contribution is 6.00. The fourth-order valence-corrected chi connectivity index (χ4v) is 1.18. The standard InChI is InChI=1S/C11H15NO3/c1-2-15-9-5-3-8(4-6-9)11(14)10(12)7-13/h3-6,10,13H,2,7,12H2,1H3. The fraction of sp³-hybridized carbons (Fsp3) is 0.364. The van der Waals surface area contributed by atoms with Crippen molar-refractivity contribution in [3.63, 3.8) is 0 Å². The Kier molecular flexibility index (Phi) is 4.27. The lowest BCUT2D eigenvalue weighted by atomic mass is 10.1. The van der Waals surface area contributed by atoms with Crippen LogP contribution in [0.1, 0.15) is 17.3 Å². The number of nitrogens with two attached hydrogens (primary N) is 1. The van der Waals surface area contributed by atoms with E-state index in [9.17, 15) is 4.79 Å². The molecular weight excluding hydrogens is 194 g/mol. The fourth-order valence-electron chi connectivity index (χ4n) is 1.18. The largest absolute Gasteiger partial charge is 0.494 e. The number of aliphatic hydroxyl groups excluding tert-OH is 1. The Morgan fingerprint density at radius 1 is 1.47 bits per heavy atom. The number of ketones is 1. The van der Waals surface area contributed by atoms with Crippen molar-refractivity contribution in [3.8, 4) is 5.75 Å². The molecule has 1 atom stereocenters. The number of rotatable bonds is 5. The predicted octanol–water partition coefficient (Wildman–Crippen LogP) is 0.588. The van der Waals surface area contributed by atoms with Gasteiger partial charge in [-0.1, -0.05) is 0 Å². The van der Waals surface area contributed by atoms with Crippen molar-refractivity contribution in [1.82, 2.24) is 0 Å². The van der Waals surface area contributed by atoms with Gasteiger partial charge in [-0.3, -0.25) is 4.79 Å². The molecule has 0 fully saturated rings. The Morgan fingerprint density at radius 3 is 2.53 bits per heavy atom. The Labute approximate surface area is 88.7 Å². The number of carbonyl (C=O) groups excluding carboxylic acids is 1. The molecule has 0 spiro atoms. The minimum atomic E-state index is -0.844. The van der Waals surface area contributed by atoms with Crippen LogP contribution in [0.15, 0.2) is 24.3 Å². The van der Waals surface area contributed by atoms with Gasteiger partial charge in [0.05, 0.1) is 19.3 Å². The first-order valence-electron chi connectivity index (χ1n) is 4.82. The lowest BCUT2D eigenvalue weighted by molar-refractivity contribution is 0.0925. The second-order valence-corrected chi connectivity index (χ2v) is 3.11. The molecule has 1 unspecified atom stereocenters. The zero-order chi connectivity index (χ0) is 11.3. The minimum absolute atomic E-state index is 0.263. The molecule has 0 saturated heterocycles. The molecule has 1 aromatic carbocycles. The van der Waals surface area contributed by atoms with Crippen LogP contribution in [0.3, 0.4) is 0 Å². The van der Waals surface area contributed by atoms with Crippen molar-refractivity contribution in [1.29, 1.82) is 0 Å². The third-order valence-corrected chi connectivity index (χ3v) is 1.98. The van der Waals surface area contributed by atoms with Gasteiger partial charge in [-0.05, 0) is 31.2 Å². The van der Waals surface area contributed by atoms with Crippen LogP contribution in [0.25, 0.3) is 0 Å². The molecule has 82 valence electrons. The second-order valence-electron chi connectivity index (χ2n) is 3.11. The summed E-state index contributed by atoms with van der Waals surface area (Å²) in [5, 5.41) is 8.73. The van der Waals surface area contributed by atoms with Crippen LogP contribution in [-0.2, 0) is 0 Å². The summed E-state index contributed by atoms with van der Waals surface area (Å²) in [6, 6.07) is 5.86. The molecule has 0 aromatic heterocycles.